The van der Waals surface area contributed by atoms with Crippen molar-refractivity contribution in [3.05, 3.63) is 75.5 Å². The van der Waals surface area contributed by atoms with Gasteiger partial charge in [-0.25, -0.2) is 19.2 Å². The van der Waals surface area contributed by atoms with Gasteiger partial charge in [0.2, 0.25) is 5.91 Å². The highest BCUT2D eigenvalue weighted by molar-refractivity contribution is 7.22. The molecule has 2 aromatic carbocycles. The maximum atomic E-state index is 14.7. The zero-order valence-electron chi connectivity index (χ0n) is 26.5. The van der Waals surface area contributed by atoms with Gasteiger partial charge in [0.05, 0.1) is 23.4 Å². The van der Waals surface area contributed by atoms with Gasteiger partial charge in [-0.15, -0.1) is 21.5 Å². The largest absolute Gasteiger partial charge is 0.491 e. The van der Waals surface area contributed by atoms with Crippen LogP contribution in [-0.4, -0.2) is 68.8 Å². The van der Waals surface area contributed by atoms with Crippen LogP contribution in [0.3, 0.4) is 0 Å². The molecule has 6 rings (SSSR count). The van der Waals surface area contributed by atoms with Crippen molar-refractivity contribution in [2.45, 2.75) is 39.5 Å². The Morgan fingerprint density at radius 2 is 2.00 bits per heavy atom. The van der Waals surface area contributed by atoms with E-state index in [1.165, 1.54) is 35.3 Å². The first-order chi connectivity index (χ1) is 23.2. The molecule has 0 fully saturated rings. The highest BCUT2D eigenvalue weighted by Gasteiger charge is 2.28. The minimum atomic E-state index is -1.11. The lowest BCUT2D eigenvalue weighted by atomic mass is 10.0. The maximum absolute atomic E-state index is 14.7. The molecule has 0 radical (unpaired) electrons. The number of anilines is 4. The van der Waals surface area contributed by atoms with Gasteiger partial charge in [0.1, 0.15) is 0 Å². The fourth-order valence-electron chi connectivity index (χ4n) is 5.18. The lowest BCUT2D eigenvalue weighted by molar-refractivity contribution is -0.126. The normalized spacial score (nSPS) is 12.3. The summed E-state index contributed by atoms with van der Waals surface area (Å²) in [5.74, 6) is 5.31. The van der Waals surface area contributed by atoms with E-state index < -0.39 is 11.8 Å². The molecule has 3 aromatic heterocycles. The van der Waals surface area contributed by atoms with E-state index in [0.29, 0.717) is 46.6 Å². The number of thiazole rings is 2. The molecule has 0 saturated carbocycles. The second-order valence-electron chi connectivity index (χ2n) is 11.2. The van der Waals surface area contributed by atoms with Crippen molar-refractivity contribution in [2.75, 3.05) is 37.0 Å². The predicted molar refractivity (Wildman–Crippen MR) is 184 cm³/mol. The highest BCUT2D eigenvalue weighted by Crippen LogP contribution is 2.39. The van der Waals surface area contributed by atoms with Crippen molar-refractivity contribution in [3.63, 3.8) is 0 Å². The number of carboxylic acids is 1. The summed E-state index contributed by atoms with van der Waals surface area (Å²) in [6.07, 6.45) is 2.50. The Kier molecular flexibility index (Phi) is 9.79. The number of carbonyl (C=O) groups is 2. The molecular formula is C34H32FN7O4S2. The van der Waals surface area contributed by atoms with Crippen LogP contribution < -0.4 is 15.0 Å². The van der Waals surface area contributed by atoms with Gasteiger partial charge >= 0.3 is 5.97 Å². The number of halogens is 1. The molecule has 4 heterocycles. The summed E-state index contributed by atoms with van der Waals surface area (Å²) in [6.45, 7) is 4.51. The molecule has 0 spiro atoms. The average molecular weight is 686 g/mol. The number of carbonyl (C=O) groups excluding carboxylic acids is 1. The Bertz CT molecular complexity index is 2040. The molecule has 0 aliphatic carbocycles. The van der Waals surface area contributed by atoms with Crippen LogP contribution in [0.1, 0.15) is 51.8 Å². The molecule has 48 heavy (non-hydrogen) atoms. The third kappa shape index (κ3) is 7.22. The summed E-state index contributed by atoms with van der Waals surface area (Å²) in [5, 5.41) is 23.6. The van der Waals surface area contributed by atoms with Gasteiger partial charge in [-0.1, -0.05) is 35.3 Å². The summed E-state index contributed by atoms with van der Waals surface area (Å²) in [5.41, 5.74) is 3.37. The number of amides is 1. The second kappa shape index (κ2) is 14.3. The molecule has 11 nitrogen and oxygen atoms in total. The van der Waals surface area contributed by atoms with Gasteiger partial charge in [0, 0.05) is 42.1 Å². The van der Waals surface area contributed by atoms with Crippen molar-refractivity contribution in [1.82, 2.24) is 25.1 Å². The number of aromatic carboxylic acids is 1. The fraction of sp³-hybridized carbons (Fsp3) is 0.294. The maximum Gasteiger partial charge on any atom is 0.355 e. The first kappa shape index (κ1) is 32.8. The Morgan fingerprint density at radius 1 is 1.17 bits per heavy atom. The number of nitrogens with zero attached hydrogens (tertiary/aromatic N) is 6. The third-order valence-corrected chi connectivity index (χ3v) is 9.94. The van der Waals surface area contributed by atoms with Crippen LogP contribution in [0.15, 0.2) is 42.5 Å². The molecule has 14 heteroatoms. The van der Waals surface area contributed by atoms with Gasteiger partial charge in [-0.05, 0) is 62.9 Å². The molecule has 1 aliphatic rings. The molecule has 0 saturated heterocycles. The highest BCUT2D eigenvalue weighted by atomic mass is 32.1. The summed E-state index contributed by atoms with van der Waals surface area (Å²) in [4.78, 5) is 36.6. The fourth-order valence-corrected chi connectivity index (χ4v) is 7.17. The molecule has 1 amide bonds. The number of hydrogen-bond acceptors (Lipinski definition) is 11. The minimum Gasteiger partial charge on any atom is -0.491 e. The van der Waals surface area contributed by atoms with E-state index in [0.717, 1.165) is 39.3 Å². The smallest absolute Gasteiger partial charge is 0.355 e. The van der Waals surface area contributed by atoms with Crippen LogP contribution in [0.25, 0.3) is 10.2 Å². The van der Waals surface area contributed by atoms with Crippen molar-refractivity contribution in [3.8, 4) is 17.6 Å². The molecule has 2 N–H and O–H groups in total. The molecule has 0 bridgehead atoms. The number of rotatable bonds is 10. The number of carboxylic acid groups (broad SMARTS) is 1. The van der Waals surface area contributed by atoms with Crippen LogP contribution in [0.5, 0.6) is 5.75 Å². The zero-order valence-corrected chi connectivity index (χ0v) is 28.2. The van der Waals surface area contributed by atoms with E-state index in [-0.39, 0.29) is 30.5 Å². The quantitative estimate of drug-likeness (QED) is 0.126. The van der Waals surface area contributed by atoms with Crippen LogP contribution in [-0.2, 0) is 17.6 Å². The SMILES string of the molecule is CC(=O)N(C)CC#Cc1ccc(OCCCc2sc(N3CCCc4c3nnc(Nc3nc5ccccc5s3)c4C)nc2C(=O)O)c(F)c1. The van der Waals surface area contributed by atoms with Crippen molar-refractivity contribution in [2.24, 2.45) is 0 Å². The Labute approximate surface area is 284 Å². The van der Waals surface area contributed by atoms with E-state index in [9.17, 15) is 19.1 Å². The Morgan fingerprint density at radius 3 is 2.77 bits per heavy atom. The number of hydrogen-bond donors (Lipinski definition) is 2. The third-order valence-electron chi connectivity index (χ3n) is 7.85. The van der Waals surface area contributed by atoms with E-state index in [1.54, 1.807) is 24.5 Å². The van der Waals surface area contributed by atoms with Gasteiger partial charge in [0.15, 0.2) is 39.2 Å². The molecule has 0 atom stereocenters. The van der Waals surface area contributed by atoms with Crippen molar-refractivity contribution in [1.29, 1.82) is 0 Å². The molecule has 246 valence electrons. The lowest BCUT2D eigenvalue weighted by Crippen LogP contribution is -2.27. The van der Waals surface area contributed by atoms with Gasteiger partial charge in [-0.3, -0.25) is 4.79 Å². The van der Waals surface area contributed by atoms with E-state index >= 15 is 0 Å². The average Bonchev–Trinajstić information content (AvgIpc) is 3.69. The number of benzene rings is 2. The van der Waals surface area contributed by atoms with E-state index in [1.807, 2.05) is 36.1 Å². The number of aryl methyl sites for hydroxylation is 1. The lowest BCUT2D eigenvalue weighted by Gasteiger charge is -2.28. The Hall–Kier alpha value is -5.13. The summed E-state index contributed by atoms with van der Waals surface area (Å²) in [7, 11) is 1.64. The van der Waals surface area contributed by atoms with Gasteiger partial charge in [-0.2, -0.15) is 0 Å². The molecule has 5 aromatic rings. The van der Waals surface area contributed by atoms with Gasteiger partial charge < -0.3 is 25.0 Å². The second-order valence-corrected chi connectivity index (χ2v) is 13.3. The number of nitrogens with one attached hydrogen (secondary N) is 1. The zero-order chi connectivity index (χ0) is 33.8. The number of ether oxygens (including phenoxy) is 1. The molecule has 1 aliphatic heterocycles. The summed E-state index contributed by atoms with van der Waals surface area (Å²) >= 11 is 2.86. The van der Waals surface area contributed by atoms with E-state index in [4.69, 9.17) is 4.74 Å². The summed E-state index contributed by atoms with van der Waals surface area (Å²) in [6, 6.07) is 12.4. The summed E-state index contributed by atoms with van der Waals surface area (Å²) < 4.78 is 21.4. The number of para-hydroxylation sites is 1. The van der Waals surface area contributed by atoms with Crippen molar-refractivity contribution >= 4 is 66.7 Å². The molecular weight excluding hydrogens is 654 g/mol. The van der Waals surface area contributed by atoms with Crippen LogP contribution >= 0.6 is 22.7 Å². The Balaban J connectivity index is 1.11. The standard InChI is InChI=1S/C34H32FN7O4S2/c1-20-23-10-7-17-42(31(23)40-39-30(20)38-33-36-25-11-4-5-12-27(25)47-33)34-37-29(32(44)45)28(48-34)13-8-18-46-26-15-14-22(19-24(26)35)9-6-16-41(3)21(2)43/h4-5,11-12,14-15,19H,7-8,10,13,16-18H2,1-3H3,(H,44,45)(H,36,38,39). The first-order valence-electron chi connectivity index (χ1n) is 15.3. The van der Waals surface area contributed by atoms with E-state index in [2.05, 4.69) is 37.3 Å². The number of aromatic nitrogens is 4. The molecule has 0 unspecified atom stereocenters. The van der Waals surface area contributed by atoms with Gasteiger partial charge in [0.25, 0.3) is 0 Å². The minimum absolute atomic E-state index is 0.00884. The van der Waals surface area contributed by atoms with Crippen LogP contribution in [0.4, 0.5) is 26.3 Å². The monoisotopic (exact) mass is 685 g/mol. The number of fused-ring (bicyclic) bond motifs is 2. The van der Waals surface area contributed by atoms with Crippen LogP contribution in [0.2, 0.25) is 0 Å². The topological polar surface area (TPSA) is 134 Å². The predicted octanol–water partition coefficient (Wildman–Crippen LogP) is 6.36. The van der Waals surface area contributed by atoms with Crippen LogP contribution in [0, 0.1) is 24.6 Å². The first-order valence-corrected chi connectivity index (χ1v) is 16.9. The van der Waals surface area contributed by atoms with Crippen molar-refractivity contribution < 1.29 is 23.8 Å².